The molecule has 1 aliphatic rings. The van der Waals surface area contributed by atoms with Gasteiger partial charge in [-0.3, -0.25) is 19.0 Å². The van der Waals surface area contributed by atoms with E-state index in [0.717, 1.165) is 31.9 Å². The van der Waals surface area contributed by atoms with Crippen LogP contribution < -0.4 is 15.4 Å². The van der Waals surface area contributed by atoms with Gasteiger partial charge >= 0.3 is 0 Å². The topological polar surface area (TPSA) is 125 Å². The van der Waals surface area contributed by atoms with Gasteiger partial charge in [0.05, 0.1) is 31.8 Å². The smallest absolute Gasteiger partial charge is 0.270 e. The molecule has 1 fully saturated rings. The van der Waals surface area contributed by atoms with Gasteiger partial charge in [-0.15, -0.1) is 0 Å². The summed E-state index contributed by atoms with van der Waals surface area (Å²) in [6.07, 6.45) is 9.48. The van der Waals surface area contributed by atoms with E-state index < -0.39 is 17.9 Å². The third kappa shape index (κ3) is 6.67. The van der Waals surface area contributed by atoms with Crippen LogP contribution >= 0.6 is 0 Å². The number of hydrogen-bond acceptors (Lipinski definition) is 7. The Morgan fingerprint density at radius 3 is 2.58 bits per heavy atom. The Balaban J connectivity index is 1.56. The normalized spacial score (nSPS) is 18.8. The monoisotopic (exact) mass is 555 g/mol. The number of amides is 2. The molecule has 11 nitrogen and oxygen atoms in total. The van der Waals surface area contributed by atoms with Crippen molar-refractivity contribution in [2.75, 3.05) is 26.1 Å². The molecule has 1 aliphatic carbocycles. The van der Waals surface area contributed by atoms with Crippen LogP contribution in [0.4, 0.5) is 10.1 Å². The molecular weight excluding hydrogens is 517 g/mol. The van der Waals surface area contributed by atoms with E-state index >= 15 is 0 Å². The number of carbonyl (C=O) groups is 2. The van der Waals surface area contributed by atoms with Crippen LogP contribution in [0.25, 0.3) is 0 Å². The van der Waals surface area contributed by atoms with Gasteiger partial charge in [0.15, 0.2) is 0 Å². The Hall–Kier alpha value is -3.80. The lowest BCUT2D eigenvalue weighted by Crippen LogP contribution is -2.49. The fourth-order valence-electron chi connectivity index (χ4n) is 5.25. The van der Waals surface area contributed by atoms with Crippen molar-refractivity contribution in [2.45, 2.75) is 64.6 Å². The predicted octanol–water partition coefficient (Wildman–Crippen LogP) is 4.00. The maximum atomic E-state index is 14.1. The molecular formula is C28H38FN7O4. The molecule has 0 aromatic carbocycles. The molecule has 40 heavy (non-hydrogen) atoms. The minimum Gasteiger partial charge on any atom is -0.481 e. The second-order valence-electron chi connectivity index (χ2n) is 10.6. The van der Waals surface area contributed by atoms with Gasteiger partial charge in [0.2, 0.25) is 11.8 Å². The molecule has 216 valence electrons. The molecule has 0 aliphatic heterocycles. The average Bonchev–Trinajstić information content (AvgIpc) is 3.61. The van der Waals surface area contributed by atoms with Gasteiger partial charge in [0, 0.05) is 31.1 Å². The third-order valence-electron chi connectivity index (χ3n) is 7.40. The van der Waals surface area contributed by atoms with Gasteiger partial charge in [0.25, 0.3) is 5.91 Å². The van der Waals surface area contributed by atoms with Crippen LogP contribution in [-0.4, -0.2) is 63.2 Å². The highest BCUT2D eigenvalue weighted by Crippen LogP contribution is 2.32. The van der Waals surface area contributed by atoms with Gasteiger partial charge in [-0.25, -0.2) is 9.37 Å². The minimum absolute atomic E-state index is 0.00337. The van der Waals surface area contributed by atoms with Crippen molar-refractivity contribution in [2.24, 2.45) is 11.8 Å². The summed E-state index contributed by atoms with van der Waals surface area (Å²) in [6, 6.07) is 1.69. The summed E-state index contributed by atoms with van der Waals surface area (Å²) in [5, 5.41) is 14.6. The van der Waals surface area contributed by atoms with Crippen LogP contribution in [0.3, 0.4) is 0 Å². The maximum absolute atomic E-state index is 14.1. The lowest BCUT2D eigenvalue weighted by Gasteiger charge is -2.32. The Morgan fingerprint density at radius 1 is 1.15 bits per heavy atom. The Labute approximate surface area is 233 Å². The number of methoxy groups -OCH3 is 2. The predicted molar refractivity (Wildman–Crippen MR) is 147 cm³/mol. The second kappa shape index (κ2) is 13.0. The van der Waals surface area contributed by atoms with E-state index in [1.807, 2.05) is 13.8 Å². The highest BCUT2D eigenvalue weighted by Gasteiger charge is 2.34. The summed E-state index contributed by atoms with van der Waals surface area (Å²) < 4.78 is 28.0. The number of halogens is 1. The number of anilines is 1. The van der Waals surface area contributed by atoms with Crippen molar-refractivity contribution in [1.82, 2.24) is 29.9 Å². The fourth-order valence-corrected chi connectivity index (χ4v) is 5.25. The highest BCUT2D eigenvalue weighted by atomic mass is 19.1. The van der Waals surface area contributed by atoms with Crippen LogP contribution in [0.5, 0.6) is 5.88 Å². The summed E-state index contributed by atoms with van der Waals surface area (Å²) in [6.45, 7) is 6.26. The number of carbonyl (C=O) groups excluding carboxylic acids is 2. The SMILES string of the molecule is COCC(c1cc(F)cnc1OC)n1cc(NC(=O)[C@@H](NC(=O)c2ccnn2C(C)C)C2CCC(C)CC2)cn1. The molecule has 1 saturated carbocycles. The molecule has 12 heteroatoms. The lowest BCUT2D eigenvalue weighted by molar-refractivity contribution is -0.119. The van der Waals surface area contributed by atoms with Crippen LogP contribution in [0, 0.1) is 17.7 Å². The average molecular weight is 556 g/mol. The first-order valence-corrected chi connectivity index (χ1v) is 13.6. The van der Waals surface area contributed by atoms with Crippen LogP contribution in [0.1, 0.15) is 74.6 Å². The van der Waals surface area contributed by atoms with E-state index in [1.165, 1.54) is 26.5 Å². The number of nitrogens with zero attached hydrogens (tertiary/aromatic N) is 5. The standard InChI is InChI=1S/C28H38FN7O4/c1-17(2)36-23(10-11-31-36)26(37)34-25(19-8-6-18(3)7-9-19)27(38)33-21-14-32-35(15-21)24(16-39-4)22-12-20(29)13-30-28(22)40-5/h10-15,17-19,24-25H,6-9,16H2,1-5H3,(H,33,38)(H,34,37)/t18?,19?,24?,25-/m0/s1. The van der Waals surface area contributed by atoms with E-state index in [4.69, 9.17) is 9.47 Å². The van der Waals surface area contributed by atoms with E-state index in [0.29, 0.717) is 22.9 Å². The molecule has 2 amide bonds. The fraction of sp³-hybridized carbons (Fsp3) is 0.536. The second-order valence-corrected chi connectivity index (χ2v) is 10.6. The lowest BCUT2D eigenvalue weighted by atomic mass is 9.79. The molecule has 4 rings (SSSR count). The molecule has 0 saturated heterocycles. The van der Waals surface area contributed by atoms with Crippen molar-refractivity contribution < 1.29 is 23.5 Å². The number of rotatable bonds is 11. The van der Waals surface area contributed by atoms with Gasteiger partial charge in [-0.05, 0) is 50.7 Å². The Bertz CT molecular complexity index is 1300. The zero-order valence-corrected chi connectivity index (χ0v) is 23.6. The first-order chi connectivity index (χ1) is 19.2. The molecule has 0 spiro atoms. The van der Waals surface area contributed by atoms with Crippen LogP contribution in [-0.2, 0) is 9.53 Å². The molecule has 3 aromatic rings. The highest BCUT2D eigenvalue weighted by molar-refractivity contribution is 6.00. The van der Waals surface area contributed by atoms with Gasteiger partial charge in [0.1, 0.15) is 23.6 Å². The summed E-state index contributed by atoms with van der Waals surface area (Å²) >= 11 is 0. The van der Waals surface area contributed by atoms with Crippen molar-refractivity contribution in [3.05, 3.63) is 54.0 Å². The van der Waals surface area contributed by atoms with Crippen molar-refractivity contribution in [3.63, 3.8) is 0 Å². The van der Waals surface area contributed by atoms with Crippen LogP contribution in [0.15, 0.2) is 36.9 Å². The number of aromatic nitrogens is 5. The summed E-state index contributed by atoms with van der Waals surface area (Å²) in [4.78, 5) is 30.9. The van der Waals surface area contributed by atoms with Gasteiger partial charge in [-0.2, -0.15) is 10.2 Å². The molecule has 2 N–H and O–H groups in total. The largest absolute Gasteiger partial charge is 0.481 e. The van der Waals surface area contributed by atoms with E-state index in [2.05, 4.69) is 32.7 Å². The van der Waals surface area contributed by atoms with Gasteiger partial charge < -0.3 is 20.1 Å². The summed E-state index contributed by atoms with van der Waals surface area (Å²) in [5.41, 5.74) is 1.29. The first kappa shape index (κ1) is 29.2. The molecule has 3 aromatic heterocycles. The maximum Gasteiger partial charge on any atom is 0.270 e. The molecule has 2 atom stereocenters. The Kier molecular flexibility index (Phi) is 9.51. The number of ether oxygens (including phenoxy) is 2. The molecule has 0 bridgehead atoms. The summed E-state index contributed by atoms with van der Waals surface area (Å²) in [7, 11) is 2.98. The third-order valence-corrected chi connectivity index (χ3v) is 7.40. The number of hydrogen-bond donors (Lipinski definition) is 2. The number of nitrogens with one attached hydrogen (secondary N) is 2. The molecule has 3 heterocycles. The molecule has 1 unspecified atom stereocenters. The van der Waals surface area contributed by atoms with Crippen LogP contribution in [0.2, 0.25) is 0 Å². The minimum atomic E-state index is -0.735. The zero-order chi connectivity index (χ0) is 28.8. The Morgan fingerprint density at radius 2 is 1.90 bits per heavy atom. The summed E-state index contributed by atoms with van der Waals surface area (Å²) in [5.74, 6) is -0.350. The van der Waals surface area contributed by atoms with Gasteiger partial charge in [-0.1, -0.05) is 19.8 Å². The number of pyridine rings is 1. The van der Waals surface area contributed by atoms with E-state index in [1.54, 1.807) is 27.8 Å². The molecule has 0 radical (unpaired) electrons. The van der Waals surface area contributed by atoms with Crippen molar-refractivity contribution in [3.8, 4) is 5.88 Å². The van der Waals surface area contributed by atoms with E-state index in [-0.39, 0.29) is 36.3 Å². The first-order valence-electron chi connectivity index (χ1n) is 13.6. The quantitative estimate of drug-likeness (QED) is 0.366. The van der Waals surface area contributed by atoms with Crippen molar-refractivity contribution >= 4 is 17.5 Å². The zero-order valence-electron chi connectivity index (χ0n) is 23.6. The van der Waals surface area contributed by atoms with Crippen molar-refractivity contribution in [1.29, 1.82) is 0 Å². The van der Waals surface area contributed by atoms with E-state index in [9.17, 15) is 14.0 Å².